The number of aliphatic imine (C=N–C) groups is 8. The van der Waals surface area contributed by atoms with Crippen LogP contribution in [0.4, 0.5) is 23.3 Å². The summed E-state index contributed by atoms with van der Waals surface area (Å²) in [5.74, 6) is 5.86. The summed E-state index contributed by atoms with van der Waals surface area (Å²) < 4.78 is 159. The van der Waals surface area contributed by atoms with Crippen LogP contribution in [0.1, 0.15) is 44.5 Å². The minimum Gasteiger partial charge on any atom is 1.00 e. The standard InChI is InChI=1S/C49H25N7.C48H24N8.2CH4O3S.2CH3.ClH.2Ga.5Na.H2O4S.2O3S/c1-3-11-28-19-36-34(17-26(28)9-1)42-25-43-35-18-27-10-2-4-12-29(27)20-37(35)45(51-43)53-47-39-22-31-14-6-8-16-33(31)24-41(39)49(55-47)56-48-40-23-32-15-7-5-13-30(32)21-38(40)46(54-48)52-44(36)50-42;1-2-10-26-18-34-33(17-25(26)9-1)41-49-42(34)54-44-37-21-29-13-5-6-14-30(29)22-38(37)46(51-44)56-48-40-24-32-16-8-7-15-31(32)23-39(40)47(52-48)55-45-36-20-28-12-4-3-11-27(28)19-35(36)43(50-45)53-41;2*1-5(2,3)4;;;;;;;;;;;1-5(2,3)4;2*1-4(2)3/h1-25H;1-24H;2*1H3,(H,2,3,4);2*1H3;1H;;;;;;;;(H2,1,2,3,4);;/q2*-2;;;2*-1;;2*+3;5*+1;;;/p-5. The van der Waals surface area contributed by atoms with Crippen molar-refractivity contribution in [2.24, 2.45) is 54.9 Å². The molecule has 4 aromatic heterocycles. The second-order valence-corrected chi connectivity index (χ2v) is 48.0. The van der Waals surface area contributed by atoms with Crippen molar-refractivity contribution in [1.29, 1.82) is 0 Å². The Labute approximate surface area is 954 Å². The van der Waals surface area contributed by atoms with Crippen molar-refractivity contribution in [3.63, 3.8) is 0 Å². The summed E-state index contributed by atoms with van der Waals surface area (Å²) in [5.41, 5.74) is 9.45. The number of fused-ring (bicyclic) bond motifs is 36. The topological polar surface area (TPSA) is 439 Å². The number of halogens is 1. The first-order valence-electron chi connectivity index (χ1n) is 42.1. The van der Waals surface area contributed by atoms with E-state index in [1.54, 1.807) is 3.27 Å². The molecule has 28 rings (SSSR count). The molecule has 0 atom stereocenters. The maximum Gasteiger partial charge on any atom is 1.00 e. The van der Waals surface area contributed by atoms with E-state index < -0.39 is 84.6 Å². The number of nitrogens with zero attached hydrogens (tertiary/aromatic N) is 15. The summed E-state index contributed by atoms with van der Waals surface area (Å²) in [6.07, 6.45) is 3.17. The minimum atomic E-state index is -5.35. The van der Waals surface area contributed by atoms with Gasteiger partial charge in [-0.25, -0.2) is 16.8 Å². The predicted molar refractivity (Wildman–Crippen MR) is 545 cm³/mol. The van der Waals surface area contributed by atoms with E-state index in [1.165, 1.54) is 0 Å². The smallest absolute Gasteiger partial charge is 1.00 e. The van der Waals surface area contributed by atoms with Gasteiger partial charge < -0.3 is 24.0 Å². The van der Waals surface area contributed by atoms with Crippen LogP contribution in [-0.2, 0) is 54.8 Å². The molecule has 16 aromatic carbocycles. The van der Waals surface area contributed by atoms with Crippen LogP contribution >= 0.6 is 9.64 Å². The van der Waals surface area contributed by atoms with E-state index >= 15 is 0 Å². The Balaban J connectivity index is 0.000000171. The summed E-state index contributed by atoms with van der Waals surface area (Å²) in [5, 5.41) is 24.0. The molecular formula is C101H61ClGa2N15Na5O16S5. The van der Waals surface area contributed by atoms with Gasteiger partial charge in [0.25, 0.3) is 0 Å². The summed E-state index contributed by atoms with van der Waals surface area (Å²) in [7, 11) is -11.2. The average molecular weight is 2190 g/mol. The first-order chi connectivity index (χ1) is 66.4. The molecule has 0 aliphatic carbocycles. The van der Waals surface area contributed by atoms with Crippen molar-refractivity contribution in [2.75, 3.05) is 12.5 Å². The van der Waals surface area contributed by atoms with E-state index in [1.807, 2.05) is 94.3 Å². The first kappa shape index (κ1) is 108. The maximum absolute atomic E-state index is 13.4. The van der Waals surface area contributed by atoms with Crippen LogP contribution < -0.4 is 170 Å². The molecule has 0 N–H and O–H groups in total. The quantitative estimate of drug-likeness (QED) is 0.0967. The molecule has 31 nitrogen and oxygen atoms in total. The molecule has 684 valence electrons. The van der Waals surface area contributed by atoms with E-state index in [0.717, 1.165) is 186 Å². The summed E-state index contributed by atoms with van der Waals surface area (Å²) >= 11 is -8.33. The van der Waals surface area contributed by atoms with Crippen molar-refractivity contribution < 1.29 is 215 Å². The van der Waals surface area contributed by atoms with Gasteiger partial charge in [0.05, 0.1) is 20.2 Å². The van der Waals surface area contributed by atoms with E-state index in [9.17, 15) is 13.0 Å². The van der Waals surface area contributed by atoms with Crippen LogP contribution in [0.2, 0.25) is 0 Å². The molecule has 12 heterocycles. The molecule has 0 radical (unpaired) electrons. The van der Waals surface area contributed by atoms with Gasteiger partial charge in [0, 0.05) is 12.5 Å². The first-order valence-corrected chi connectivity index (χ1v) is 57.6. The molecule has 0 saturated carbocycles. The molecule has 0 saturated heterocycles. The van der Waals surface area contributed by atoms with E-state index in [2.05, 4.69) is 213 Å². The Morgan fingerprint density at radius 1 is 0.269 bits per heavy atom. The van der Waals surface area contributed by atoms with Crippen LogP contribution in [0.5, 0.6) is 0 Å². The molecule has 0 fully saturated rings. The number of aromatic nitrogens is 4. The molecule has 8 aliphatic rings. The fourth-order valence-electron chi connectivity index (χ4n) is 19.0. The fourth-order valence-corrected chi connectivity index (χ4v) is 31.6. The Bertz CT molecular complexity index is 9780. The fraction of sp³-hybridized carbons (Fsp3) is 0.0198. The van der Waals surface area contributed by atoms with Gasteiger partial charge in [-0.05, 0) is 0 Å². The van der Waals surface area contributed by atoms with Crippen molar-refractivity contribution in [3.05, 3.63) is 372 Å². The number of hydrogen-bond acceptors (Lipinski definition) is 27. The number of amidine groups is 7. The average Bonchev–Trinajstić information content (AvgIpc) is 1.55. The normalized spacial score (nSPS) is 13.5. The van der Waals surface area contributed by atoms with Gasteiger partial charge >= 0.3 is 868 Å². The van der Waals surface area contributed by atoms with Crippen LogP contribution in [0, 0.1) is 14.9 Å². The molecule has 0 spiro atoms. The second kappa shape index (κ2) is 42.1. The summed E-state index contributed by atoms with van der Waals surface area (Å²) in [6.45, 7) is 0. The third kappa shape index (κ3) is 20.3. The van der Waals surface area contributed by atoms with Crippen LogP contribution in [0.3, 0.4) is 0 Å². The van der Waals surface area contributed by atoms with Gasteiger partial charge in [0.1, 0.15) is 0 Å². The maximum atomic E-state index is 13.4. The Morgan fingerprint density at radius 2 is 0.462 bits per heavy atom. The number of benzene rings is 16. The molecule has 12 bridgehead atoms. The molecule has 20 aromatic rings. The minimum absolute atomic E-state index is 0. The molecule has 0 amide bonds. The zero-order valence-corrected chi connectivity index (χ0v) is 97.8. The zero-order chi connectivity index (χ0) is 95.0. The largest absolute Gasteiger partial charge is 1.00 e. The van der Waals surface area contributed by atoms with Crippen molar-refractivity contribution in [2.45, 2.75) is 0 Å². The monoisotopic (exact) mass is 2190 g/mol. The predicted octanol–water partition coefficient (Wildman–Crippen LogP) is 0.221. The molecule has 0 unspecified atom stereocenters. The number of rotatable bonds is 2. The Kier molecular flexibility index (Phi) is 31.3. The third-order valence-corrected chi connectivity index (χ3v) is 37.4. The van der Waals surface area contributed by atoms with Crippen molar-refractivity contribution >= 4 is 299 Å². The van der Waals surface area contributed by atoms with E-state index in [0.29, 0.717) is 92.3 Å². The van der Waals surface area contributed by atoms with Gasteiger partial charge in [-0.3, -0.25) is 0 Å². The Hall–Kier alpha value is -10.1. The van der Waals surface area contributed by atoms with E-state index in [-0.39, 0.29) is 163 Å². The van der Waals surface area contributed by atoms with Gasteiger partial charge in [-0.2, -0.15) is 0 Å². The van der Waals surface area contributed by atoms with Gasteiger partial charge in [-0.1, -0.05) is 0 Å². The number of hydrogen-bond donors (Lipinski definition) is 0. The van der Waals surface area contributed by atoms with Gasteiger partial charge in [-0.15, -0.1) is 25.3 Å². The molecular weight excluding hydrogens is 2130 g/mol. The Morgan fingerprint density at radius 3 is 0.717 bits per heavy atom. The molecule has 145 heavy (non-hydrogen) atoms. The third-order valence-electron chi connectivity index (χ3n) is 24.6. The van der Waals surface area contributed by atoms with Crippen LogP contribution in [0.25, 0.3) is 135 Å². The molecule has 44 heteroatoms. The zero-order valence-electron chi connectivity index (χ0n) is 78.1. The van der Waals surface area contributed by atoms with Gasteiger partial charge in [0.2, 0.25) is 0 Å². The van der Waals surface area contributed by atoms with E-state index in [4.69, 9.17) is 119 Å². The van der Waals surface area contributed by atoms with Crippen LogP contribution in [0.15, 0.2) is 346 Å². The second-order valence-electron chi connectivity index (χ2n) is 33.1. The SMILES string of the molecule is CS(=O)(=O)[O-].CS(=O)(=O)[O-].O=S(=O)([O-])[O][Ga]1[n]2c3c4cc5ccccc5cc4c2N=C2N=C(N=c4c5cc6ccccc6cc5c([n]41)=CC1=NC(=N3)c3cc4ccccc4cc31)c1cc3ccccc3cc12.O=S(=O)=O.O=S(=O)=O.[CH3-].[CH3-].[Cl][Ga]1[n]2c3c4cc5ccccc5cc4c2N=C2N=C(N=c4c5cc6ccccc6cc5c([n]41)=NC1=NC(=N3)c3cc4ccccc4cc31)c1cc3ccccc3cc12.[Na+].[Na+].[Na+].[Na+].[Na+]. The van der Waals surface area contributed by atoms with Crippen molar-refractivity contribution in [3.8, 4) is 0 Å². The summed E-state index contributed by atoms with van der Waals surface area (Å²) in [4.78, 5) is 59.4. The summed E-state index contributed by atoms with van der Waals surface area (Å²) in [6, 6.07) is 100. The van der Waals surface area contributed by atoms with Gasteiger partial charge in [0.15, 0.2) is 0 Å². The van der Waals surface area contributed by atoms with Crippen molar-refractivity contribution in [1.82, 2.24) is 13.1 Å². The van der Waals surface area contributed by atoms with Crippen LogP contribution in [-0.4, -0.2) is 169 Å². The molecule has 8 aliphatic heterocycles.